The van der Waals surface area contributed by atoms with Crippen LogP contribution in [0.25, 0.3) is 0 Å². The van der Waals surface area contributed by atoms with Crippen molar-refractivity contribution in [2.75, 3.05) is 12.9 Å². The number of rotatable bonds is 5. The number of pyridine rings is 1. The summed E-state index contributed by atoms with van der Waals surface area (Å²) in [4.78, 5) is 16.9. The molecule has 5 heteroatoms. The van der Waals surface area contributed by atoms with E-state index in [9.17, 15) is 4.79 Å². The number of halogens is 1. The van der Waals surface area contributed by atoms with Gasteiger partial charge in [-0.05, 0) is 18.4 Å². The van der Waals surface area contributed by atoms with Gasteiger partial charge in [-0.1, -0.05) is 23.7 Å². The maximum absolute atomic E-state index is 11.9. The van der Waals surface area contributed by atoms with E-state index in [2.05, 4.69) is 4.98 Å². The van der Waals surface area contributed by atoms with Gasteiger partial charge < -0.3 is 4.74 Å². The zero-order valence-electron chi connectivity index (χ0n) is 10.3. The largest absolute Gasteiger partial charge is 0.484 e. The Morgan fingerprint density at radius 2 is 2.05 bits per heavy atom. The predicted molar refractivity (Wildman–Crippen MR) is 77.3 cm³/mol. The molecule has 2 aromatic rings. The third-order valence-corrected chi connectivity index (χ3v) is 3.41. The van der Waals surface area contributed by atoms with Gasteiger partial charge in [-0.2, -0.15) is 0 Å². The molecule has 0 N–H and O–H groups in total. The molecule has 0 radical (unpaired) electrons. The van der Waals surface area contributed by atoms with Crippen LogP contribution in [0.15, 0.2) is 47.6 Å². The molecule has 0 unspecified atom stereocenters. The van der Waals surface area contributed by atoms with Gasteiger partial charge in [0.2, 0.25) is 0 Å². The number of ether oxygens (including phenoxy) is 1. The Morgan fingerprint density at radius 1 is 1.32 bits per heavy atom. The Hall–Kier alpha value is -1.52. The van der Waals surface area contributed by atoms with E-state index < -0.39 is 0 Å². The Balaban J connectivity index is 1.97. The summed E-state index contributed by atoms with van der Waals surface area (Å²) < 4.78 is 5.36. The quantitative estimate of drug-likeness (QED) is 0.622. The number of hydrogen-bond donors (Lipinski definition) is 0. The van der Waals surface area contributed by atoms with Gasteiger partial charge in [0.05, 0.1) is 11.2 Å². The van der Waals surface area contributed by atoms with Gasteiger partial charge in [0, 0.05) is 22.7 Å². The number of aromatic nitrogens is 1. The molecule has 0 bridgehead atoms. The van der Waals surface area contributed by atoms with Crippen molar-refractivity contribution in [3.63, 3.8) is 0 Å². The highest BCUT2D eigenvalue weighted by atomic mass is 35.5. The predicted octanol–water partition coefficient (Wildman–Crippen LogP) is 3.72. The van der Waals surface area contributed by atoms with Crippen LogP contribution in [0.5, 0.6) is 5.75 Å². The van der Waals surface area contributed by atoms with E-state index in [0.717, 1.165) is 4.90 Å². The highest BCUT2D eigenvalue weighted by molar-refractivity contribution is 7.98. The molecule has 0 atom stereocenters. The first-order valence-corrected chi connectivity index (χ1v) is 7.20. The molecular formula is C14H12ClNO2S. The van der Waals surface area contributed by atoms with E-state index in [0.29, 0.717) is 16.3 Å². The number of hydrogen-bond acceptors (Lipinski definition) is 4. The van der Waals surface area contributed by atoms with Crippen LogP contribution in [0, 0.1) is 0 Å². The van der Waals surface area contributed by atoms with Crippen molar-refractivity contribution in [3.05, 3.63) is 53.3 Å². The molecule has 1 heterocycles. The summed E-state index contributed by atoms with van der Waals surface area (Å²) in [6, 6.07) is 9.05. The SMILES string of the molecule is CSc1ccc(C(=O)COc2cncc(Cl)c2)cc1. The third-order valence-electron chi connectivity index (χ3n) is 2.46. The zero-order valence-corrected chi connectivity index (χ0v) is 11.9. The second-order valence-electron chi connectivity index (χ2n) is 3.78. The average molecular weight is 294 g/mol. The molecule has 0 amide bonds. The molecule has 1 aromatic heterocycles. The van der Waals surface area contributed by atoms with E-state index >= 15 is 0 Å². The molecule has 1 aromatic carbocycles. The topological polar surface area (TPSA) is 39.2 Å². The van der Waals surface area contributed by atoms with Crippen LogP contribution in [0.3, 0.4) is 0 Å². The van der Waals surface area contributed by atoms with Crippen LogP contribution in [-0.4, -0.2) is 23.6 Å². The van der Waals surface area contributed by atoms with E-state index in [-0.39, 0.29) is 12.4 Å². The van der Waals surface area contributed by atoms with Crippen molar-refractivity contribution in [1.29, 1.82) is 0 Å². The molecule has 19 heavy (non-hydrogen) atoms. The Bertz CT molecular complexity index is 572. The minimum absolute atomic E-state index is 0.0271. The van der Waals surface area contributed by atoms with Crippen LogP contribution < -0.4 is 4.74 Å². The average Bonchev–Trinajstić information content (AvgIpc) is 2.45. The number of benzene rings is 1. The third kappa shape index (κ3) is 3.98. The number of thioether (sulfide) groups is 1. The highest BCUT2D eigenvalue weighted by Crippen LogP contribution is 2.17. The van der Waals surface area contributed by atoms with Crippen molar-refractivity contribution in [1.82, 2.24) is 4.98 Å². The molecule has 0 fully saturated rings. The Labute approximate surface area is 121 Å². The monoisotopic (exact) mass is 293 g/mol. The smallest absolute Gasteiger partial charge is 0.200 e. The maximum Gasteiger partial charge on any atom is 0.200 e. The second-order valence-corrected chi connectivity index (χ2v) is 5.10. The van der Waals surface area contributed by atoms with E-state index in [4.69, 9.17) is 16.3 Å². The summed E-state index contributed by atoms with van der Waals surface area (Å²) >= 11 is 7.42. The minimum Gasteiger partial charge on any atom is -0.484 e. The van der Waals surface area contributed by atoms with Gasteiger partial charge >= 0.3 is 0 Å². The number of nitrogens with zero attached hydrogens (tertiary/aromatic N) is 1. The molecule has 3 nitrogen and oxygen atoms in total. The van der Waals surface area contributed by atoms with Gasteiger partial charge in [0.15, 0.2) is 12.4 Å². The summed E-state index contributed by atoms with van der Waals surface area (Å²) in [5.41, 5.74) is 0.632. The van der Waals surface area contributed by atoms with Crippen LogP contribution in [-0.2, 0) is 0 Å². The molecule has 98 valence electrons. The van der Waals surface area contributed by atoms with Crippen LogP contribution in [0.1, 0.15) is 10.4 Å². The molecule has 0 aliphatic rings. The van der Waals surface area contributed by atoms with Crippen LogP contribution in [0.2, 0.25) is 5.02 Å². The van der Waals surface area contributed by atoms with Gasteiger partial charge in [-0.25, -0.2) is 0 Å². The normalized spacial score (nSPS) is 10.2. The Kier molecular flexibility index (Phi) is 4.82. The fraction of sp³-hybridized carbons (Fsp3) is 0.143. The molecule has 0 aliphatic heterocycles. The molecule has 0 aliphatic carbocycles. The first-order valence-electron chi connectivity index (χ1n) is 5.59. The summed E-state index contributed by atoms with van der Waals surface area (Å²) in [5, 5.41) is 0.481. The molecule has 0 spiro atoms. The summed E-state index contributed by atoms with van der Waals surface area (Å²) in [7, 11) is 0. The molecule has 2 rings (SSSR count). The lowest BCUT2D eigenvalue weighted by Crippen LogP contribution is -2.11. The van der Waals surface area contributed by atoms with E-state index in [1.54, 1.807) is 30.0 Å². The van der Waals surface area contributed by atoms with Crippen molar-refractivity contribution in [2.24, 2.45) is 0 Å². The van der Waals surface area contributed by atoms with Gasteiger partial charge in [-0.15, -0.1) is 11.8 Å². The standard InChI is InChI=1S/C14H12ClNO2S/c1-19-13-4-2-10(3-5-13)14(17)9-18-12-6-11(15)7-16-8-12/h2-8H,9H2,1H3. The molecular weight excluding hydrogens is 282 g/mol. The van der Waals surface area contributed by atoms with E-state index in [1.165, 1.54) is 12.4 Å². The fourth-order valence-electron chi connectivity index (χ4n) is 1.48. The maximum atomic E-state index is 11.9. The van der Waals surface area contributed by atoms with Gasteiger partial charge in [0.1, 0.15) is 5.75 Å². The first-order chi connectivity index (χ1) is 9.19. The van der Waals surface area contributed by atoms with Crippen molar-refractivity contribution in [3.8, 4) is 5.75 Å². The lowest BCUT2D eigenvalue weighted by atomic mass is 10.1. The van der Waals surface area contributed by atoms with Crippen molar-refractivity contribution in [2.45, 2.75) is 4.90 Å². The summed E-state index contributed by atoms with van der Waals surface area (Å²) in [6.07, 6.45) is 5.03. The zero-order chi connectivity index (χ0) is 13.7. The minimum atomic E-state index is -0.0763. The van der Waals surface area contributed by atoms with Crippen LogP contribution in [0.4, 0.5) is 0 Å². The lowest BCUT2D eigenvalue weighted by molar-refractivity contribution is 0.0921. The summed E-state index contributed by atoms with van der Waals surface area (Å²) in [6.45, 7) is -0.0271. The number of carbonyl (C=O) groups excluding carboxylic acids is 1. The number of Topliss-reactive ketones (excluding diaryl/α,β-unsaturated/α-hetero) is 1. The van der Waals surface area contributed by atoms with Gasteiger partial charge in [0.25, 0.3) is 0 Å². The summed E-state index contributed by atoms with van der Waals surface area (Å²) in [5.74, 6) is 0.411. The highest BCUT2D eigenvalue weighted by Gasteiger charge is 2.07. The van der Waals surface area contributed by atoms with E-state index in [1.807, 2.05) is 18.4 Å². The fourth-order valence-corrected chi connectivity index (χ4v) is 2.05. The molecule has 0 saturated carbocycles. The number of ketones is 1. The second kappa shape index (κ2) is 6.59. The lowest BCUT2D eigenvalue weighted by Gasteiger charge is -2.05. The van der Waals surface area contributed by atoms with Crippen molar-refractivity contribution < 1.29 is 9.53 Å². The van der Waals surface area contributed by atoms with Crippen LogP contribution >= 0.6 is 23.4 Å². The van der Waals surface area contributed by atoms with Crippen molar-refractivity contribution >= 4 is 29.1 Å². The molecule has 0 saturated heterocycles. The number of carbonyl (C=O) groups is 1. The Morgan fingerprint density at radius 3 is 2.68 bits per heavy atom. The first kappa shape index (κ1) is 13.9. The van der Waals surface area contributed by atoms with Gasteiger partial charge in [-0.3, -0.25) is 9.78 Å².